The van der Waals surface area contributed by atoms with Gasteiger partial charge in [0.25, 0.3) is 5.91 Å². The van der Waals surface area contributed by atoms with E-state index in [-0.39, 0.29) is 5.91 Å². The number of benzene rings is 2. The van der Waals surface area contributed by atoms with E-state index >= 15 is 0 Å². The molecule has 150 valence electrons. The molecule has 0 bridgehead atoms. The van der Waals surface area contributed by atoms with Gasteiger partial charge in [0, 0.05) is 19.6 Å². The molecule has 1 aliphatic heterocycles. The van der Waals surface area contributed by atoms with Gasteiger partial charge in [0.05, 0.1) is 6.20 Å². The van der Waals surface area contributed by atoms with Gasteiger partial charge in [-0.15, -0.1) is 5.10 Å². The predicted octanol–water partition coefficient (Wildman–Crippen LogP) is 4.32. The summed E-state index contributed by atoms with van der Waals surface area (Å²) in [5, 5.41) is 8.31. The fourth-order valence-corrected chi connectivity index (χ4v) is 4.12. The second-order valence-corrected chi connectivity index (χ2v) is 7.79. The Hall–Kier alpha value is -2.95. The zero-order chi connectivity index (χ0) is 19.9. The van der Waals surface area contributed by atoms with Crippen LogP contribution in [0, 0.1) is 0 Å². The molecule has 4 rings (SSSR count). The van der Waals surface area contributed by atoms with E-state index in [2.05, 4.69) is 64.9 Å². The zero-order valence-electron chi connectivity index (χ0n) is 16.8. The number of carbonyl (C=O) groups excluding carboxylic acids is 1. The van der Waals surface area contributed by atoms with Gasteiger partial charge in [0.15, 0.2) is 5.69 Å². The molecule has 1 amide bonds. The van der Waals surface area contributed by atoms with Gasteiger partial charge in [0.2, 0.25) is 0 Å². The highest BCUT2D eigenvalue weighted by atomic mass is 16.2. The van der Waals surface area contributed by atoms with Crippen molar-refractivity contribution in [3.63, 3.8) is 0 Å². The smallest absolute Gasteiger partial charge is 0.276 e. The molecule has 1 aliphatic rings. The van der Waals surface area contributed by atoms with E-state index in [4.69, 9.17) is 0 Å². The summed E-state index contributed by atoms with van der Waals surface area (Å²) in [5.74, 6) is 0.538. The molecule has 0 aliphatic carbocycles. The maximum absolute atomic E-state index is 12.9. The van der Waals surface area contributed by atoms with Gasteiger partial charge >= 0.3 is 0 Å². The van der Waals surface area contributed by atoms with E-state index in [1.807, 2.05) is 11.0 Å². The summed E-state index contributed by atoms with van der Waals surface area (Å²) in [5.41, 5.74) is 3.16. The van der Waals surface area contributed by atoms with E-state index in [0.717, 1.165) is 51.7 Å². The predicted molar refractivity (Wildman–Crippen MR) is 114 cm³/mol. The number of nitrogens with zero attached hydrogens (tertiary/aromatic N) is 4. The molecule has 1 aromatic heterocycles. The molecule has 2 aromatic carbocycles. The molecule has 0 N–H and O–H groups in total. The van der Waals surface area contributed by atoms with E-state index in [1.54, 1.807) is 10.9 Å². The van der Waals surface area contributed by atoms with Crippen LogP contribution in [0.1, 0.15) is 53.2 Å². The van der Waals surface area contributed by atoms with Crippen molar-refractivity contribution in [2.24, 2.45) is 0 Å². The van der Waals surface area contributed by atoms with E-state index in [9.17, 15) is 4.79 Å². The molecule has 5 nitrogen and oxygen atoms in total. The average Bonchev–Trinajstić information content (AvgIpc) is 3.10. The molecular formula is C24H28N4O. The van der Waals surface area contributed by atoms with Gasteiger partial charge in [-0.3, -0.25) is 9.48 Å². The van der Waals surface area contributed by atoms with Crippen molar-refractivity contribution in [3.05, 3.63) is 83.7 Å². The summed E-state index contributed by atoms with van der Waals surface area (Å²) >= 11 is 0. The lowest BCUT2D eigenvalue weighted by Gasteiger charge is -2.19. The van der Waals surface area contributed by atoms with E-state index < -0.39 is 0 Å². The molecule has 29 heavy (non-hydrogen) atoms. The topological polar surface area (TPSA) is 51.0 Å². The molecular weight excluding hydrogens is 360 g/mol. The first-order valence-electron chi connectivity index (χ1n) is 10.6. The van der Waals surface area contributed by atoms with Crippen LogP contribution in [0.3, 0.4) is 0 Å². The van der Waals surface area contributed by atoms with Crippen molar-refractivity contribution >= 4 is 5.91 Å². The molecule has 1 fully saturated rings. The first kappa shape index (κ1) is 19.4. The number of aryl methyl sites for hydroxylation is 2. The third-order valence-corrected chi connectivity index (χ3v) is 5.74. The lowest BCUT2D eigenvalue weighted by Crippen LogP contribution is -2.32. The number of aromatic nitrogens is 3. The van der Waals surface area contributed by atoms with Crippen LogP contribution in [0.15, 0.2) is 66.9 Å². The highest BCUT2D eigenvalue weighted by Crippen LogP contribution is 2.28. The Kier molecular flexibility index (Phi) is 6.35. The van der Waals surface area contributed by atoms with Crippen LogP contribution in [-0.4, -0.2) is 38.9 Å². The first-order valence-corrected chi connectivity index (χ1v) is 10.6. The van der Waals surface area contributed by atoms with Crippen molar-refractivity contribution in [3.8, 4) is 0 Å². The normalized spacial score (nSPS) is 17.1. The lowest BCUT2D eigenvalue weighted by atomic mass is 9.92. The fourth-order valence-electron chi connectivity index (χ4n) is 4.12. The van der Waals surface area contributed by atoms with Crippen LogP contribution >= 0.6 is 0 Å². The summed E-state index contributed by atoms with van der Waals surface area (Å²) in [7, 11) is 0. The van der Waals surface area contributed by atoms with Crippen molar-refractivity contribution in [1.82, 2.24) is 19.9 Å². The van der Waals surface area contributed by atoms with Crippen LogP contribution in [0.2, 0.25) is 0 Å². The Labute approximate surface area is 172 Å². The number of hydrogen-bond acceptors (Lipinski definition) is 3. The minimum absolute atomic E-state index is 0.00743. The van der Waals surface area contributed by atoms with Crippen LogP contribution in [0.25, 0.3) is 0 Å². The molecule has 0 saturated carbocycles. The maximum Gasteiger partial charge on any atom is 0.276 e. The zero-order valence-corrected chi connectivity index (χ0v) is 16.8. The first-order chi connectivity index (χ1) is 14.3. The summed E-state index contributed by atoms with van der Waals surface area (Å²) in [6.45, 7) is 2.34. The molecule has 1 atom stereocenters. The lowest BCUT2D eigenvalue weighted by molar-refractivity contribution is 0.0755. The second kappa shape index (κ2) is 9.50. The SMILES string of the molecule is O=C(c1cn(CCCc2ccccc2)nn1)N1CCCC(c2ccccc2)CC1. The number of rotatable bonds is 6. The van der Waals surface area contributed by atoms with Gasteiger partial charge in [-0.05, 0) is 49.1 Å². The van der Waals surface area contributed by atoms with Crippen molar-refractivity contribution in [2.75, 3.05) is 13.1 Å². The average molecular weight is 389 g/mol. The molecule has 5 heteroatoms. The van der Waals surface area contributed by atoms with Gasteiger partial charge in [-0.25, -0.2) is 0 Å². The van der Waals surface area contributed by atoms with Gasteiger partial charge in [-0.2, -0.15) is 0 Å². The van der Waals surface area contributed by atoms with Gasteiger partial charge in [0.1, 0.15) is 0 Å². The van der Waals surface area contributed by atoms with Crippen molar-refractivity contribution in [1.29, 1.82) is 0 Å². The summed E-state index contributed by atoms with van der Waals surface area (Å²) < 4.78 is 1.79. The Balaban J connectivity index is 1.30. The summed E-state index contributed by atoms with van der Waals surface area (Å²) in [4.78, 5) is 14.9. The minimum atomic E-state index is 0.00743. The van der Waals surface area contributed by atoms with Crippen molar-refractivity contribution < 1.29 is 4.79 Å². The van der Waals surface area contributed by atoms with Crippen molar-refractivity contribution in [2.45, 2.75) is 44.6 Å². The highest BCUT2D eigenvalue weighted by Gasteiger charge is 2.24. The number of likely N-dealkylation sites (tertiary alicyclic amines) is 1. The molecule has 3 aromatic rings. The largest absolute Gasteiger partial charge is 0.337 e. The fraction of sp³-hybridized carbons (Fsp3) is 0.375. The Morgan fingerprint density at radius 2 is 1.72 bits per heavy atom. The Bertz CT molecular complexity index is 907. The molecule has 0 spiro atoms. The number of hydrogen-bond donors (Lipinski definition) is 0. The summed E-state index contributed by atoms with van der Waals surface area (Å²) in [6.07, 6.45) is 6.92. The second-order valence-electron chi connectivity index (χ2n) is 7.79. The maximum atomic E-state index is 12.9. The quantitative estimate of drug-likeness (QED) is 0.632. The van der Waals surface area contributed by atoms with Crippen LogP contribution < -0.4 is 0 Å². The van der Waals surface area contributed by atoms with Crippen LogP contribution in [0.5, 0.6) is 0 Å². The number of carbonyl (C=O) groups is 1. The molecule has 2 heterocycles. The summed E-state index contributed by atoms with van der Waals surface area (Å²) in [6, 6.07) is 21.1. The van der Waals surface area contributed by atoms with E-state index in [0.29, 0.717) is 11.6 Å². The van der Waals surface area contributed by atoms with Crippen LogP contribution in [-0.2, 0) is 13.0 Å². The molecule has 1 saturated heterocycles. The molecule has 0 radical (unpaired) electrons. The van der Waals surface area contributed by atoms with E-state index in [1.165, 1.54) is 11.1 Å². The van der Waals surface area contributed by atoms with Gasteiger partial charge in [-0.1, -0.05) is 65.9 Å². The monoisotopic (exact) mass is 388 g/mol. The van der Waals surface area contributed by atoms with Crippen LogP contribution in [0.4, 0.5) is 0 Å². The molecule has 1 unspecified atom stereocenters. The Morgan fingerprint density at radius 3 is 2.52 bits per heavy atom. The highest BCUT2D eigenvalue weighted by molar-refractivity contribution is 5.91. The third kappa shape index (κ3) is 5.11. The van der Waals surface area contributed by atoms with Gasteiger partial charge < -0.3 is 4.90 Å². The minimum Gasteiger partial charge on any atom is -0.337 e. The Morgan fingerprint density at radius 1 is 0.966 bits per heavy atom. The standard InChI is InChI=1S/C24H28N4O/c29-24(27-16-8-14-22(15-18-27)21-12-5-2-6-13-21)23-19-28(26-25-23)17-7-11-20-9-3-1-4-10-20/h1-6,9-10,12-13,19,22H,7-8,11,14-18H2. The third-order valence-electron chi connectivity index (χ3n) is 5.74. The number of amides is 1.